The zero-order chi connectivity index (χ0) is 18.1. The van der Waals surface area contributed by atoms with Crippen LogP contribution in [-0.2, 0) is 17.2 Å². The predicted octanol–water partition coefficient (Wildman–Crippen LogP) is 5.46. The molecule has 2 aromatic carbocycles. The van der Waals surface area contributed by atoms with Crippen LogP contribution in [0.2, 0.25) is 10.0 Å². The lowest BCUT2D eigenvalue weighted by molar-refractivity contribution is -0.137. The van der Waals surface area contributed by atoms with Crippen molar-refractivity contribution in [2.24, 2.45) is 0 Å². The van der Waals surface area contributed by atoms with E-state index in [9.17, 15) is 22.6 Å². The Morgan fingerprint density at radius 3 is 2.29 bits per heavy atom. The minimum Gasteiger partial charge on any atom is -0.455 e. The van der Waals surface area contributed by atoms with E-state index < -0.39 is 19.8 Å². The molecule has 2 rings (SSSR count). The fourth-order valence-electron chi connectivity index (χ4n) is 2.01. The van der Waals surface area contributed by atoms with E-state index in [4.69, 9.17) is 27.9 Å². The molecule has 0 heterocycles. The highest BCUT2D eigenvalue weighted by molar-refractivity contribution is 7.47. The first kappa shape index (κ1) is 19.1. The van der Waals surface area contributed by atoms with Gasteiger partial charge < -0.3 is 9.63 Å². The highest BCUT2D eigenvalue weighted by Crippen LogP contribution is 2.38. The molecule has 130 valence electrons. The van der Waals surface area contributed by atoms with Gasteiger partial charge in [-0.25, -0.2) is 0 Å². The van der Waals surface area contributed by atoms with E-state index in [0.717, 1.165) is 18.2 Å². The van der Waals surface area contributed by atoms with Crippen LogP contribution in [0, 0.1) is 0 Å². The van der Waals surface area contributed by atoms with Gasteiger partial charge in [0.05, 0.1) is 20.9 Å². The Bertz CT molecular complexity index is 794. The highest BCUT2D eigenvalue weighted by Gasteiger charge is 2.31. The largest absolute Gasteiger partial charge is 0.455 e. The number of halogens is 5. The maximum absolute atomic E-state index is 12.7. The van der Waals surface area contributed by atoms with E-state index in [1.165, 1.54) is 12.1 Å². The minimum absolute atomic E-state index is 0.00486. The second kappa shape index (κ2) is 7.36. The summed E-state index contributed by atoms with van der Waals surface area (Å²) in [6.45, 7) is 1.81. The van der Waals surface area contributed by atoms with E-state index >= 15 is 0 Å². The molecule has 2 aromatic rings. The van der Waals surface area contributed by atoms with Crippen LogP contribution >= 0.6 is 31.2 Å². The van der Waals surface area contributed by atoms with Crippen LogP contribution in [-0.4, -0.2) is 4.89 Å². The van der Waals surface area contributed by atoms with Crippen LogP contribution in [0.5, 0.6) is 11.5 Å². The fraction of sp³-hybridized carbons (Fsp3) is 0.200. The molecule has 0 aromatic heterocycles. The molecule has 0 saturated heterocycles. The summed E-state index contributed by atoms with van der Waals surface area (Å²) in [5.74, 6) is 0.219. The lowest BCUT2D eigenvalue weighted by atomic mass is 10.1. The average Bonchev–Trinajstić information content (AvgIpc) is 2.49. The quantitative estimate of drug-likeness (QED) is 0.695. The number of ether oxygens (including phenoxy) is 1. The summed E-state index contributed by atoms with van der Waals surface area (Å²) in [5, 5.41) is -0.0824. The van der Waals surface area contributed by atoms with Crippen LogP contribution in [0.1, 0.15) is 18.1 Å². The first-order chi connectivity index (χ1) is 11.1. The van der Waals surface area contributed by atoms with Crippen LogP contribution in [0.4, 0.5) is 13.2 Å². The highest BCUT2D eigenvalue weighted by atomic mass is 35.5. The predicted molar refractivity (Wildman–Crippen MR) is 88.2 cm³/mol. The molecule has 0 spiro atoms. The normalized spacial score (nSPS) is 13.0. The number of hydrogen-bond acceptors (Lipinski definition) is 2. The van der Waals surface area contributed by atoms with Gasteiger partial charge in [-0.1, -0.05) is 30.1 Å². The third kappa shape index (κ3) is 4.25. The zero-order valence-electron chi connectivity index (χ0n) is 12.2. The van der Waals surface area contributed by atoms with E-state index in [-0.39, 0.29) is 26.8 Å². The smallest absolute Gasteiger partial charge is 0.416 e. The lowest BCUT2D eigenvalue weighted by Gasteiger charge is -2.15. The van der Waals surface area contributed by atoms with Gasteiger partial charge in [0.25, 0.3) is 0 Å². The zero-order valence-corrected chi connectivity index (χ0v) is 14.8. The monoisotopic (exact) mass is 398 g/mol. The van der Waals surface area contributed by atoms with Gasteiger partial charge >= 0.3 is 6.18 Å². The molecular formula is C15H12Cl2F3O3P. The van der Waals surface area contributed by atoms with Gasteiger partial charge in [0.1, 0.15) is 11.5 Å². The van der Waals surface area contributed by atoms with Gasteiger partial charge in [-0.15, -0.1) is 0 Å². The Morgan fingerprint density at radius 2 is 1.79 bits per heavy atom. The molecule has 0 fully saturated rings. The first-order valence-corrected chi connectivity index (χ1v) is 8.85. The van der Waals surface area contributed by atoms with Crippen molar-refractivity contribution in [2.45, 2.75) is 19.5 Å². The molecule has 1 atom stereocenters. The molecule has 1 unspecified atom stereocenters. The van der Waals surface area contributed by atoms with E-state index in [0.29, 0.717) is 12.0 Å². The molecule has 9 heteroatoms. The molecule has 0 saturated carbocycles. The molecule has 0 bridgehead atoms. The van der Waals surface area contributed by atoms with Crippen LogP contribution in [0.25, 0.3) is 0 Å². The number of alkyl halides is 3. The van der Waals surface area contributed by atoms with Crippen molar-refractivity contribution in [1.29, 1.82) is 0 Å². The summed E-state index contributed by atoms with van der Waals surface area (Å²) >= 11 is 11.8. The Balaban J connectivity index is 2.44. The summed E-state index contributed by atoms with van der Waals surface area (Å²) in [6, 6.07) is 5.49. The average molecular weight is 399 g/mol. The van der Waals surface area contributed by atoms with Crippen molar-refractivity contribution in [3.05, 3.63) is 51.5 Å². The topological polar surface area (TPSA) is 46.5 Å². The van der Waals surface area contributed by atoms with Gasteiger partial charge in [0.2, 0.25) is 8.03 Å². The summed E-state index contributed by atoms with van der Waals surface area (Å²) < 4.78 is 54.9. The Kier molecular flexibility index (Phi) is 5.87. The number of benzene rings is 2. The third-order valence-corrected chi connectivity index (χ3v) is 4.88. The molecule has 0 radical (unpaired) electrons. The molecule has 0 aliphatic carbocycles. The second-order valence-corrected chi connectivity index (χ2v) is 6.81. The second-order valence-electron chi connectivity index (χ2n) is 4.84. The summed E-state index contributed by atoms with van der Waals surface area (Å²) in [5.41, 5.74) is -0.268. The molecular weight excluding hydrogens is 387 g/mol. The Morgan fingerprint density at radius 1 is 1.12 bits per heavy atom. The molecule has 0 aliphatic heterocycles. The molecule has 24 heavy (non-hydrogen) atoms. The van der Waals surface area contributed by atoms with Crippen LogP contribution in [0.3, 0.4) is 0 Å². The Labute approximate surface area is 146 Å². The van der Waals surface area contributed by atoms with Gasteiger partial charge in [0.15, 0.2) is 0 Å². The van der Waals surface area contributed by atoms with E-state index in [1.54, 1.807) is 0 Å². The van der Waals surface area contributed by atoms with Crippen molar-refractivity contribution in [3.63, 3.8) is 0 Å². The van der Waals surface area contributed by atoms with Crippen LogP contribution in [0.15, 0.2) is 30.3 Å². The van der Waals surface area contributed by atoms with Gasteiger partial charge in [0, 0.05) is 0 Å². The third-order valence-electron chi connectivity index (χ3n) is 3.24. The maximum atomic E-state index is 12.7. The SMILES string of the molecule is CCc1cc(Cl)c([PH](=O)O)cc1Oc1ccc(C(F)(F)F)cc1Cl. The van der Waals surface area contributed by atoms with Gasteiger partial charge in [-0.3, -0.25) is 4.57 Å². The lowest BCUT2D eigenvalue weighted by Crippen LogP contribution is -2.05. The number of aryl methyl sites for hydroxylation is 1. The van der Waals surface area contributed by atoms with Crippen LogP contribution < -0.4 is 10.0 Å². The van der Waals surface area contributed by atoms with E-state index in [2.05, 4.69) is 0 Å². The molecule has 1 N–H and O–H groups in total. The van der Waals surface area contributed by atoms with Crippen molar-refractivity contribution < 1.29 is 27.4 Å². The maximum Gasteiger partial charge on any atom is 0.416 e. The molecule has 0 aliphatic rings. The van der Waals surface area contributed by atoms with Gasteiger partial charge in [-0.05, 0) is 42.3 Å². The summed E-state index contributed by atoms with van der Waals surface area (Å²) in [7, 11) is -3.06. The van der Waals surface area contributed by atoms with Crippen molar-refractivity contribution in [2.75, 3.05) is 0 Å². The molecule has 3 nitrogen and oxygen atoms in total. The minimum atomic E-state index is -4.51. The number of rotatable bonds is 4. The van der Waals surface area contributed by atoms with Crippen molar-refractivity contribution in [1.82, 2.24) is 0 Å². The van der Waals surface area contributed by atoms with Gasteiger partial charge in [-0.2, -0.15) is 13.2 Å². The van der Waals surface area contributed by atoms with E-state index in [1.807, 2.05) is 6.92 Å². The Hall–Kier alpha value is -1.20. The summed E-state index contributed by atoms with van der Waals surface area (Å²) in [4.78, 5) is 9.29. The summed E-state index contributed by atoms with van der Waals surface area (Å²) in [6.07, 6.45) is -4.01. The number of hydrogen-bond donors (Lipinski definition) is 1. The van der Waals surface area contributed by atoms with Crippen molar-refractivity contribution in [3.8, 4) is 11.5 Å². The van der Waals surface area contributed by atoms with Crippen molar-refractivity contribution >= 4 is 36.5 Å². The standard InChI is InChI=1S/C15H12Cl2F3O3P/c1-2-8-5-11(17)14(24(21)22)7-13(8)23-12-4-3-9(6-10(12)16)15(18,19)20/h3-7,24H,2H2,1H3,(H,21,22). The first-order valence-electron chi connectivity index (χ1n) is 6.73. The molecule has 0 amide bonds. The fourth-order valence-corrected chi connectivity index (χ4v) is 3.19.